The van der Waals surface area contributed by atoms with E-state index >= 15 is 0 Å². The van der Waals surface area contributed by atoms with E-state index in [1.165, 1.54) is 13.2 Å². The third-order valence-corrected chi connectivity index (χ3v) is 4.25. The van der Waals surface area contributed by atoms with Crippen molar-refractivity contribution in [3.05, 3.63) is 70.1 Å². The Balaban J connectivity index is 1.86. The second kappa shape index (κ2) is 7.70. The Morgan fingerprint density at radius 2 is 1.88 bits per heavy atom. The fourth-order valence-electron chi connectivity index (χ4n) is 2.45. The minimum Gasteiger partial charge on any atom is -0.494 e. The Morgan fingerprint density at radius 1 is 1.08 bits per heavy atom. The zero-order chi connectivity index (χ0) is 18.7. The van der Waals surface area contributed by atoms with Crippen molar-refractivity contribution in [2.75, 3.05) is 7.11 Å². The van der Waals surface area contributed by atoms with Crippen LogP contribution in [0, 0.1) is 19.7 Å². The lowest BCUT2D eigenvalue weighted by Crippen LogP contribution is -2.04. The Kier molecular flexibility index (Phi) is 5.38. The van der Waals surface area contributed by atoms with E-state index in [9.17, 15) is 4.39 Å². The first-order valence-electron chi connectivity index (χ1n) is 8.04. The van der Waals surface area contributed by atoms with Crippen molar-refractivity contribution in [2.45, 2.75) is 20.5 Å². The van der Waals surface area contributed by atoms with Crippen molar-refractivity contribution in [2.24, 2.45) is 0 Å². The van der Waals surface area contributed by atoms with Crippen LogP contribution in [0.4, 0.5) is 4.39 Å². The quantitative estimate of drug-likeness (QED) is 0.622. The molecule has 0 spiro atoms. The molecule has 0 unspecified atom stereocenters. The van der Waals surface area contributed by atoms with Crippen molar-refractivity contribution < 1.29 is 13.9 Å². The number of nitrogens with zero attached hydrogens (tertiary/aromatic N) is 2. The SMILES string of the molecule is COc1ccc(COc2nc(-c3cccc(Cl)c3)nc(C)c2C)cc1F. The van der Waals surface area contributed by atoms with Crippen molar-refractivity contribution in [3.63, 3.8) is 0 Å². The molecule has 0 saturated heterocycles. The third kappa shape index (κ3) is 3.94. The molecule has 0 bridgehead atoms. The molecular formula is C20H18ClFN2O2. The molecule has 0 fully saturated rings. The summed E-state index contributed by atoms with van der Waals surface area (Å²) in [6, 6.07) is 12.0. The van der Waals surface area contributed by atoms with Gasteiger partial charge in [0, 0.05) is 21.8 Å². The lowest BCUT2D eigenvalue weighted by Gasteiger charge is -2.12. The Hall–Kier alpha value is -2.66. The van der Waals surface area contributed by atoms with E-state index in [0.717, 1.165) is 16.8 Å². The van der Waals surface area contributed by atoms with E-state index in [-0.39, 0.29) is 12.4 Å². The van der Waals surface area contributed by atoms with Crippen molar-refractivity contribution in [1.29, 1.82) is 0 Å². The van der Waals surface area contributed by atoms with Crippen LogP contribution in [0.2, 0.25) is 5.02 Å². The van der Waals surface area contributed by atoms with Gasteiger partial charge in [-0.1, -0.05) is 29.8 Å². The van der Waals surface area contributed by atoms with Gasteiger partial charge in [-0.15, -0.1) is 0 Å². The molecule has 0 atom stereocenters. The van der Waals surface area contributed by atoms with Crippen LogP contribution in [0.3, 0.4) is 0 Å². The first-order chi connectivity index (χ1) is 12.5. The third-order valence-electron chi connectivity index (χ3n) is 4.02. The van der Waals surface area contributed by atoms with Gasteiger partial charge >= 0.3 is 0 Å². The van der Waals surface area contributed by atoms with Gasteiger partial charge in [0.15, 0.2) is 17.4 Å². The second-order valence-electron chi connectivity index (χ2n) is 5.83. The molecule has 0 aliphatic rings. The maximum Gasteiger partial charge on any atom is 0.220 e. The molecule has 3 aromatic rings. The van der Waals surface area contributed by atoms with Gasteiger partial charge in [-0.2, -0.15) is 4.98 Å². The van der Waals surface area contributed by atoms with E-state index in [0.29, 0.717) is 22.3 Å². The molecule has 0 radical (unpaired) electrons. The van der Waals surface area contributed by atoms with Crippen molar-refractivity contribution in [1.82, 2.24) is 9.97 Å². The van der Waals surface area contributed by atoms with Crippen LogP contribution < -0.4 is 9.47 Å². The first-order valence-corrected chi connectivity index (χ1v) is 8.42. The second-order valence-corrected chi connectivity index (χ2v) is 6.27. The van der Waals surface area contributed by atoms with Gasteiger partial charge in [0.2, 0.25) is 5.88 Å². The largest absolute Gasteiger partial charge is 0.494 e. The van der Waals surface area contributed by atoms with Crippen LogP contribution in [0.5, 0.6) is 11.6 Å². The summed E-state index contributed by atoms with van der Waals surface area (Å²) < 4.78 is 24.6. The number of rotatable bonds is 5. The molecule has 1 aromatic heterocycles. The number of aryl methyl sites for hydroxylation is 1. The summed E-state index contributed by atoms with van der Waals surface area (Å²) in [6.45, 7) is 3.97. The van der Waals surface area contributed by atoms with Crippen LogP contribution in [0.25, 0.3) is 11.4 Å². The zero-order valence-corrected chi connectivity index (χ0v) is 15.5. The highest BCUT2D eigenvalue weighted by Gasteiger charge is 2.12. The van der Waals surface area contributed by atoms with Gasteiger partial charge in [-0.05, 0) is 43.7 Å². The van der Waals surface area contributed by atoms with Crippen molar-refractivity contribution >= 4 is 11.6 Å². The summed E-state index contributed by atoms with van der Waals surface area (Å²) in [5.74, 6) is 0.769. The zero-order valence-electron chi connectivity index (χ0n) is 14.7. The van der Waals surface area contributed by atoms with Crippen LogP contribution in [0.15, 0.2) is 42.5 Å². The number of ether oxygens (including phenoxy) is 2. The minimum atomic E-state index is -0.427. The Bertz CT molecular complexity index is 947. The van der Waals surface area contributed by atoms with E-state index in [1.807, 2.05) is 26.0 Å². The molecule has 0 aliphatic carbocycles. The van der Waals surface area contributed by atoms with E-state index in [2.05, 4.69) is 9.97 Å². The molecule has 6 heteroatoms. The van der Waals surface area contributed by atoms with Gasteiger partial charge in [0.25, 0.3) is 0 Å². The molecular weight excluding hydrogens is 355 g/mol. The van der Waals surface area contributed by atoms with Gasteiger partial charge in [0.05, 0.1) is 7.11 Å². The highest BCUT2D eigenvalue weighted by molar-refractivity contribution is 6.30. The van der Waals surface area contributed by atoms with Crippen LogP contribution in [-0.4, -0.2) is 17.1 Å². The highest BCUT2D eigenvalue weighted by atomic mass is 35.5. The van der Waals surface area contributed by atoms with Gasteiger partial charge in [-0.3, -0.25) is 0 Å². The van der Waals surface area contributed by atoms with Gasteiger partial charge < -0.3 is 9.47 Å². The number of methoxy groups -OCH3 is 1. The van der Waals surface area contributed by atoms with E-state index < -0.39 is 5.82 Å². The number of aromatic nitrogens is 2. The van der Waals surface area contributed by atoms with E-state index in [1.54, 1.807) is 24.3 Å². The predicted octanol–water partition coefficient (Wildman–Crippen LogP) is 5.14. The van der Waals surface area contributed by atoms with Crippen molar-refractivity contribution in [3.8, 4) is 23.0 Å². The Morgan fingerprint density at radius 3 is 2.58 bits per heavy atom. The topological polar surface area (TPSA) is 44.2 Å². The predicted molar refractivity (Wildman–Crippen MR) is 99.2 cm³/mol. The number of benzene rings is 2. The fraction of sp³-hybridized carbons (Fsp3) is 0.200. The molecule has 0 saturated carbocycles. The minimum absolute atomic E-state index is 0.188. The number of hydrogen-bond acceptors (Lipinski definition) is 4. The normalized spacial score (nSPS) is 10.7. The monoisotopic (exact) mass is 372 g/mol. The Labute approximate surface area is 156 Å². The lowest BCUT2D eigenvalue weighted by atomic mass is 10.2. The average molecular weight is 373 g/mol. The molecule has 0 amide bonds. The van der Waals surface area contributed by atoms with E-state index in [4.69, 9.17) is 21.1 Å². The summed E-state index contributed by atoms with van der Waals surface area (Å²) >= 11 is 6.05. The fourth-order valence-corrected chi connectivity index (χ4v) is 2.64. The van der Waals surface area contributed by atoms with Gasteiger partial charge in [-0.25, -0.2) is 9.37 Å². The molecule has 134 valence electrons. The molecule has 26 heavy (non-hydrogen) atoms. The standard InChI is InChI=1S/C20H18ClFN2O2/c1-12-13(2)23-19(15-5-4-6-16(21)10-15)24-20(12)26-11-14-7-8-18(25-3)17(22)9-14/h4-10H,11H2,1-3H3. The maximum absolute atomic E-state index is 13.8. The summed E-state index contributed by atoms with van der Waals surface area (Å²) in [5.41, 5.74) is 3.14. The molecule has 3 rings (SSSR count). The molecule has 2 aromatic carbocycles. The van der Waals surface area contributed by atoms with Gasteiger partial charge in [0.1, 0.15) is 6.61 Å². The summed E-state index contributed by atoms with van der Waals surface area (Å²) in [7, 11) is 1.43. The highest BCUT2D eigenvalue weighted by Crippen LogP contribution is 2.26. The molecule has 4 nitrogen and oxygen atoms in total. The maximum atomic E-state index is 13.8. The molecule has 0 aliphatic heterocycles. The van der Waals surface area contributed by atoms with Crippen LogP contribution in [-0.2, 0) is 6.61 Å². The summed E-state index contributed by atoms with van der Waals surface area (Å²) in [5, 5.41) is 0.612. The van der Waals surface area contributed by atoms with Crippen LogP contribution in [0.1, 0.15) is 16.8 Å². The van der Waals surface area contributed by atoms with Crippen LogP contribution >= 0.6 is 11.6 Å². The summed E-state index contributed by atoms with van der Waals surface area (Å²) in [4.78, 5) is 9.02. The smallest absolute Gasteiger partial charge is 0.220 e. The molecule has 1 heterocycles. The number of hydrogen-bond donors (Lipinski definition) is 0. The lowest BCUT2D eigenvalue weighted by molar-refractivity contribution is 0.290. The first kappa shape index (κ1) is 18.1. The summed E-state index contributed by atoms with van der Waals surface area (Å²) in [6.07, 6.45) is 0. The number of halogens is 2. The molecule has 0 N–H and O–H groups in total. The average Bonchev–Trinajstić information content (AvgIpc) is 2.63.